The summed E-state index contributed by atoms with van der Waals surface area (Å²) in [6.07, 6.45) is 0.914. The molecule has 8 nitrogen and oxygen atoms in total. The number of benzene rings is 2. The van der Waals surface area contributed by atoms with Gasteiger partial charge in [-0.15, -0.1) is 0 Å². The molecule has 3 amide bonds. The lowest BCUT2D eigenvalue weighted by atomic mass is 9.90. The van der Waals surface area contributed by atoms with Crippen molar-refractivity contribution < 1.29 is 23.9 Å². The first-order valence-electron chi connectivity index (χ1n) is 11.3. The first-order valence-corrected chi connectivity index (χ1v) is 11.3. The standard InChI is InChI=1S/C25H29N3O5/c1-3-27(16-24(30)26-19-8-9-22-23(14-19)33-13-12-32-22)25(31)15-21-20-7-5-4-6-18(20)10-11-28(21)17(2)29/h4-9,14,21H,3,10-13,15-16H2,1-2H3,(H,26,30). The summed E-state index contributed by atoms with van der Waals surface area (Å²) in [5.41, 5.74) is 2.74. The van der Waals surface area contributed by atoms with Gasteiger partial charge in [0.05, 0.1) is 19.0 Å². The second-order valence-corrected chi connectivity index (χ2v) is 8.20. The highest BCUT2D eigenvalue weighted by atomic mass is 16.6. The molecule has 0 spiro atoms. The number of nitrogens with zero attached hydrogens (tertiary/aromatic N) is 2. The van der Waals surface area contributed by atoms with Crippen molar-refractivity contribution in [3.8, 4) is 11.5 Å². The molecule has 1 N–H and O–H groups in total. The van der Waals surface area contributed by atoms with Crippen LogP contribution < -0.4 is 14.8 Å². The average molecular weight is 452 g/mol. The maximum Gasteiger partial charge on any atom is 0.243 e. The molecule has 0 aliphatic carbocycles. The molecule has 0 radical (unpaired) electrons. The summed E-state index contributed by atoms with van der Waals surface area (Å²) in [7, 11) is 0. The van der Waals surface area contributed by atoms with Crippen LogP contribution in [0.4, 0.5) is 5.69 Å². The van der Waals surface area contributed by atoms with Crippen molar-refractivity contribution in [2.45, 2.75) is 32.7 Å². The summed E-state index contributed by atoms with van der Waals surface area (Å²) in [5.74, 6) is 0.717. The highest BCUT2D eigenvalue weighted by Gasteiger charge is 2.32. The Labute approximate surface area is 193 Å². The highest BCUT2D eigenvalue weighted by Crippen LogP contribution is 2.34. The van der Waals surface area contributed by atoms with Crippen molar-refractivity contribution in [3.05, 3.63) is 53.6 Å². The van der Waals surface area contributed by atoms with Crippen LogP contribution >= 0.6 is 0 Å². The quantitative estimate of drug-likeness (QED) is 0.730. The van der Waals surface area contributed by atoms with Crippen molar-refractivity contribution in [3.63, 3.8) is 0 Å². The predicted molar refractivity (Wildman–Crippen MR) is 123 cm³/mol. The van der Waals surface area contributed by atoms with E-state index in [-0.39, 0.29) is 36.7 Å². The number of likely N-dealkylation sites (N-methyl/N-ethyl adjacent to an activating group) is 1. The summed E-state index contributed by atoms with van der Waals surface area (Å²) >= 11 is 0. The van der Waals surface area contributed by atoms with Crippen LogP contribution in [0.5, 0.6) is 11.5 Å². The molecule has 2 aromatic carbocycles. The zero-order valence-electron chi connectivity index (χ0n) is 19.0. The van der Waals surface area contributed by atoms with Crippen LogP contribution in [0.3, 0.4) is 0 Å². The normalized spacial score (nSPS) is 16.5. The van der Waals surface area contributed by atoms with Crippen molar-refractivity contribution in [2.75, 3.05) is 38.2 Å². The van der Waals surface area contributed by atoms with Gasteiger partial charge < -0.3 is 24.6 Å². The van der Waals surface area contributed by atoms with Gasteiger partial charge in [-0.3, -0.25) is 14.4 Å². The number of nitrogens with one attached hydrogen (secondary N) is 1. The second kappa shape index (κ2) is 9.94. The number of rotatable bonds is 6. The molecule has 2 aromatic rings. The van der Waals surface area contributed by atoms with Crippen LogP contribution in [-0.2, 0) is 20.8 Å². The van der Waals surface area contributed by atoms with Crippen molar-refractivity contribution in [1.29, 1.82) is 0 Å². The molecular weight excluding hydrogens is 422 g/mol. The number of ether oxygens (including phenoxy) is 2. The molecule has 33 heavy (non-hydrogen) atoms. The van der Waals surface area contributed by atoms with Gasteiger partial charge in [-0.1, -0.05) is 24.3 Å². The Balaban J connectivity index is 1.42. The molecule has 1 unspecified atom stereocenters. The summed E-state index contributed by atoms with van der Waals surface area (Å²) in [6, 6.07) is 12.8. The maximum absolute atomic E-state index is 13.2. The van der Waals surface area contributed by atoms with E-state index in [1.165, 1.54) is 11.8 Å². The largest absolute Gasteiger partial charge is 0.486 e. The lowest BCUT2D eigenvalue weighted by Gasteiger charge is -2.37. The molecule has 0 bridgehead atoms. The average Bonchev–Trinajstić information content (AvgIpc) is 2.82. The SMILES string of the molecule is CCN(CC(=O)Nc1ccc2c(c1)OCCO2)C(=O)CC1c2ccccc2CCN1C(C)=O. The van der Waals surface area contributed by atoms with Gasteiger partial charge in [-0.2, -0.15) is 0 Å². The van der Waals surface area contributed by atoms with Crippen LogP contribution in [0.15, 0.2) is 42.5 Å². The molecule has 2 aliphatic rings. The van der Waals surface area contributed by atoms with E-state index >= 15 is 0 Å². The Kier molecular flexibility index (Phi) is 6.82. The Bertz CT molecular complexity index is 1050. The summed E-state index contributed by atoms with van der Waals surface area (Å²) in [4.78, 5) is 41.4. The maximum atomic E-state index is 13.2. The van der Waals surface area contributed by atoms with E-state index in [0.29, 0.717) is 43.5 Å². The van der Waals surface area contributed by atoms with E-state index in [2.05, 4.69) is 5.32 Å². The zero-order valence-corrected chi connectivity index (χ0v) is 19.0. The molecule has 8 heteroatoms. The van der Waals surface area contributed by atoms with Crippen molar-refractivity contribution in [2.24, 2.45) is 0 Å². The molecule has 1 atom stereocenters. The van der Waals surface area contributed by atoms with Crippen LogP contribution in [0.1, 0.15) is 37.4 Å². The first-order chi connectivity index (χ1) is 16.0. The number of hydrogen-bond acceptors (Lipinski definition) is 5. The number of anilines is 1. The monoisotopic (exact) mass is 451 g/mol. The van der Waals surface area contributed by atoms with Gasteiger partial charge in [0, 0.05) is 31.8 Å². The van der Waals surface area contributed by atoms with Crippen molar-refractivity contribution >= 4 is 23.4 Å². The van der Waals surface area contributed by atoms with Gasteiger partial charge in [0.25, 0.3) is 0 Å². The van der Waals surface area contributed by atoms with E-state index in [4.69, 9.17) is 9.47 Å². The Hall–Kier alpha value is -3.55. The van der Waals surface area contributed by atoms with Gasteiger partial charge in [0.1, 0.15) is 13.2 Å². The Morgan fingerprint density at radius 1 is 1.09 bits per heavy atom. The van der Waals surface area contributed by atoms with E-state index in [1.54, 1.807) is 23.1 Å². The van der Waals surface area contributed by atoms with E-state index in [9.17, 15) is 14.4 Å². The molecular formula is C25H29N3O5. The molecule has 0 saturated carbocycles. The first kappa shape index (κ1) is 22.6. The van der Waals surface area contributed by atoms with Crippen LogP contribution in [0.2, 0.25) is 0 Å². The third-order valence-electron chi connectivity index (χ3n) is 6.08. The fourth-order valence-corrected chi connectivity index (χ4v) is 4.41. The Morgan fingerprint density at radius 2 is 1.85 bits per heavy atom. The minimum Gasteiger partial charge on any atom is -0.486 e. The topological polar surface area (TPSA) is 88.2 Å². The summed E-state index contributed by atoms with van der Waals surface area (Å²) in [5, 5.41) is 2.83. The van der Waals surface area contributed by atoms with Gasteiger partial charge in [0.15, 0.2) is 11.5 Å². The number of carbonyl (C=O) groups is 3. The fourth-order valence-electron chi connectivity index (χ4n) is 4.41. The van der Waals surface area contributed by atoms with E-state index in [1.807, 2.05) is 31.2 Å². The van der Waals surface area contributed by atoms with Crippen LogP contribution in [0.25, 0.3) is 0 Å². The van der Waals surface area contributed by atoms with Gasteiger partial charge in [-0.05, 0) is 36.6 Å². The lowest BCUT2D eigenvalue weighted by molar-refractivity contribution is -0.138. The fraction of sp³-hybridized carbons (Fsp3) is 0.400. The van der Waals surface area contributed by atoms with Crippen LogP contribution in [-0.4, -0.2) is 60.4 Å². The molecule has 0 saturated heterocycles. The van der Waals surface area contributed by atoms with Gasteiger partial charge in [0.2, 0.25) is 17.7 Å². The third kappa shape index (κ3) is 5.10. The van der Waals surface area contributed by atoms with E-state index < -0.39 is 0 Å². The molecule has 2 heterocycles. The van der Waals surface area contributed by atoms with Gasteiger partial charge in [-0.25, -0.2) is 0 Å². The number of fused-ring (bicyclic) bond motifs is 2. The molecule has 0 fully saturated rings. The summed E-state index contributed by atoms with van der Waals surface area (Å²) in [6.45, 7) is 5.24. The minimum atomic E-state index is -0.324. The lowest BCUT2D eigenvalue weighted by Crippen LogP contribution is -2.43. The minimum absolute atomic E-state index is 0.0540. The molecule has 0 aromatic heterocycles. The van der Waals surface area contributed by atoms with Crippen molar-refractivity contribution in [1.82, 2.24) is 9.80 Å². The third-order valence-corrected chi connectivity index (χ3v) is 6.08. The van der Waals surface area contributed by atoms with E-state index in [0.717, 1.165) is 17.5 Å². The number of amides is 3. The molecule has 174 valence electrons. The highest BCUT2D eigenvalue weighted by molar-refractivity contribution is 5.95. The zero-order chi connectivity index (χ0) is 23.4. The number of carbonyl (C=O) groups excluding carboxylic acids is 3. The summed E-state index contributed by atoms with van der Waals surface area (Å²) < 4.78 is 11.1. The smallest absolute Gasteiger partial charge is 0.243 e. The molecule has 4 rings (SSSR count). The van der Waals surface area contributed by atoms with Crippen LogP contribution in [0, 0.1) is 0 Å². The Morgan fingerprint density at radius 3 is 2.61 bits per heavy atom. The predicted octanol–water partition coefficient (Wildman–Crippen LogP) is 2.78. The molecule has 2 aliphatic heterocycles. The number of hydrogen-bond donors (Lipinski definition) is 1. The van der Waals surface area contributed by atoms with Gasteiger partial charge >= 0.3 is 0 Å². The second-order valence-electron chi connectivity index (χ2n) is 8.20.